The van der Waals surface area contributed by atoms with E-state index in [-0.39, 0.29) is 33.0 Å². The van der Waals surface area contributed by atoms with Gasteiger partial charge in [0.25, 0.3) is 11.8 Å². The van der Waals surface area contributed by atoms with Crippen molar-refractivity contribution in [2.45, 2.75) is 33.2 Å². The molecule has 0 atom stereocenters. The smallest absolute Gasteiger partial charge is 0.267 e. The summed E-state index contributed by atoms with van der Waals surface area (Å²) >= 11 is 5.95. The number of anilines is 1. The number of halogens is 3. The maximum Gasteiger partial charge on any atom is 0.267 e. The number of hydrogen-bond acceptors (Lipinski definition) is 4. The lowest BCUT2D eigenvalue weighted by atomic mass is 10.1. The Kier molecular flexibility index (Phi) is 6.79. The maximum atomic E-state index is 14.0. The number of nitrogens with zero attached hydrogens (tertiary/aromatic N) is 3. The molecule has 2 aromatic carbocycles. The Morgan fingerprint density at radius 3 is 2.43 bits per heavy atom. The summed E-state index contributed by atoms with van der Waals surface area (Å²) in [6, 6.07) is 9.72. The van der Waals surface area contributed by atoms with Gasteiger partial charge < -0.3 is 11.1 Å². The number of primary amides is 1. The molecule has 0 saturated heterocycles. The fourth-order valence-corrected chi connectivity index (χ4v) is 4.08. The third-order valence-corrected chi connectivity index (χ3v) is 5.92. The van der Waals surface area contributed by atoms with Crippen LogP contribution in [-0.2, 0) is 19.4 Å². The molecule has 180 valence electrons. The van der Waals surface area contributed by atoms with Gasteiger partial charge in [-0.15, -0.1) is 0 Å². The van der Waals surface area contributed by atoms with Gasteiger partial charge in [-0.2, -0.15) is 5.10 Å². The van der Waals surface area contributed by atoms with Crippen LogP contribution < -0.4 is 11.1 Å². The zero-order chi connectivity index (χ0) is 25.3. The van der Waals surface area contributed by atoms with E-state index in [9.17, 15) is 18.4 Å². The molecule has 2 aromatic heterocycles. The Morgan fingerprint density at radius 1 is 1.09 bits per heavy atom. The van der Waals surface area contributed by atoms with E-state index in [4.69, 9.17) is 17.3 Å². The highest BCUT2D eigenvalue weighted by Crippen LogP contribution is 2.28. The largest absolute Gasteiger partial charge is 0.364 e. The summed E-state index contributed by atoms with van der Waals surface area (Å²) in [7, 11) is 0. The summed E-state index contributed by atoms with van der Waals surface area (Å²) in [5, 5.41) is 7.64. The van der Waals surface area contributed by atoms with E-state index in [2.05, 4.69) is 15.4 Å². The van der Waals surface area contributed by atoms with E-state index in [1.54, 1.807) is 16.8 Å². The second kappa shape index (κ2) is 9.79. The minimum absolute atomic E-state index is 0.0705. The number of benzene rings is 2. The molecule has 2 heterocycles. The topological polar surface area (TPSA) is 103 Å². The number of rotatable bonds is 7. The summed E-state index contributed by atoms with van der Waals surface area (Å²) in [6.45, 7) is 4.24. The van der Waals surface area contributed by atoms with Crippen molar-refractivity contribution in [2.75, 3.05) is 5.32 Å². The van der Waals surface area contributed by atoms with Crippen LogP contribution in [0.15, 0.2) is 42.5 Å². The lowest BCUT2D eigenvalue weighted by molar-refractivity contribution is 0.0996. The minimum Gasteiger partial charge on any atom is -0.364 e. The molecule has 10 heteroatoms. The van der Waals surface area contributed by atoms with Gasteiger partial charge in [0.1, 0.15) is 17.3 Å². The molecule has 4 aromatic rings. The average Bonchev–Trinajstić information content (AvgIpc) is 3.16. The number of nitrogens with two attached hydrogens (primary N) is 1. The summed E-state index contributed by atoms with van der Waals surface area (Å²) < 4.78 is 29.1. The van der Waals surface area contributed by atoms with Crippen molar-refractivity contribution in [1.29, 1.82) is 0 Å². The zero-order valence-corrected chi connectivity index (χ0v) is 19.8. The van der Waals surface area contributed by atoms with Crippen LogP contribution in [0.25, 0.3) is 10.9 Å². The summed E-state index contributed by atoms with van der Waals surface area (Å²) in [5.41, 5.74) is 8.18. The van der Waals surface area contributed by atoms with E-state index in [1.807, 2.05) is 13.8 Å². The van der Waals surface area contributed by atoms with Crippen LogP contribution in [0, 0.1) is 11.6 Å². The molecule has 3 N–H and O–H groups in total. The Bertz CT molecular complexity index is 1450. The highest BCUT2D eigenvalue weighted by atomic mass is 35.5. The third-order valence-electron chi connectivity index (χ3n) is 5.63. The number of pyridine rings is 1. The molecular weight excluding hydrogens is 476 g/mol. The third kappa shape index (κ3) is 4.85. The SMILES string of the molecule is CCc1nn(Cc2ccc(F)cc2)c(CC)c1NC(=O)c1cc(C(N)=O)nc2cc(F)c(Cl)cc12. The molecule has 0 aliphatic heterocycles. The van der Waals surface area contributed by atoms with Crippen LogP contribution in [0.4, 0.5) is 14.5 Å². The van der Waals surface area contributed by atoms with Crippen molar-refractivity contribution in [3.05, 3.63) is 87.3 Å². The van der Waals surface area contributed by atoms with Crippen molar-refractivity contribution in [1.82, 2.24) is 14.8 Å². The second-order valence-corrected chi connectivity index (χ2v) is 8.32. The number of hydrogen-bond donors (Lipinski definition) is 2. The van der Waals surface area contributed by atoms with E-state index in [1.165, 1.54) is 24.3 Å². The van der Waals surface area contributed by atoms with Gasteiger partial charge in [0.2, 0.25) is 0 Å². The van der Waals surface area contributed by atoms with Gasteiger partial charge in [0.05, 0.1) is 39.7 Å². The zero-order valence-electron chi connectivity index (χ0n) is 19.0. The fourth-order valence-electron chi connectivity index (χ4n) is 3.91. The number of carbonyl (C=O) groups excluding carboxylic acids is 2. The maximum absolute atomic E-state index is 14.0. The molecule has 0 unspecified atom stereocenters. The molecule has 0 aliphatic rings. The quantitative estimate of drug-likeness (QED) is 0.379. The molecule has 0 spiro atoms. The predicted octanol–water partition coefficient (Wildman–Crippen LogP) is 4.89. The van der Waals surface area contributed by atoms with Gasteiger partial charge in [0, 0.05) is 11.5 Å². The minimum atomic E-state index is -0.855. The Morgan fingerprint density at radius 2 is 1.80 bits per heavy atom. The van der Waals surface area contributed by atoms with Crippen LogP contribution >= 0.6 is 11.6 Å². The normalized spacial score (nSPS) is 11.1. The number of carbonyl (C=O) groups is 2. The number of fused-ring (bicyclic) bond motifs is 1. The highest BCUT2D eigenvalue weighted by molar-refractivity contribution is 6.31. The van der Waals surface area contributed by atoms with Gasteiger partial charge in [-0.1, -0.05) is 37.6 Å². The van der Waals surface area contributed by atoms with Crippen molar-refractivity contribution >= 4 is 40.0 Å². The van der Waals surface area contributed by atoms with E-state index in [0.29, 0.717) is 30.8 Å². The number of amides is 2. The fraction of sp³-hybridized carbons (Fsp3) is 0.200. The highest BCUT2D eigenvalue weighted by Gasteiger charge is 2.22. The molecule has 0 aliphatic carbocycles. The first-order valence-electron chi connectivity index (χ1n) is 11.0. The first-order valence-corrected chi connectivity index (χ1v) is 11.3. The van der Waals surface area contributed by atoms with Gasteiger partial charge in [-0.25, -0.2) is 13.8 Å². The van der Waals surface area contributed by atoms with Crippen molar-refractivity contribution in [2.24, 2.45) is 5.73 Å². The molecule has 4 rings (SSSR count). The van der Waals surface area contributed by atoms with Crippen molar-refractivity contribution in [3.8, 4) is 0 Å². The number of aromatic nitrogens is 3. The average molecular weight is 498 g/mol. The molecule has 35 heavy (non-hydrogen) atoms. The molecular formula is C25H22ClF2N5O2. The summed E-state index contributed by atoms with van der Waals surface area (Å²) in [5.74, 6) is -2.46. The van der Waals surface area contributed by atoms with E-state index in [0.717, 1.165) is 17.3 Å². The number of aryl methyl sites for hydroxylation is 1. The Balaban J connectivity index is 1.77. The molecule has 0 saturated carbocycles. The van der Waals surface area contributed by atoms with Crippen molar-refractivity contribution < 1.29 is 18.4 Å². The van der Waals surface area contributed by atoms with E-state index >= 15 is 0 Å². The predicted molar refractivity (Wildman–Crippen MR) is 130 cm³/mol. The van der Waals surface area contributed by atoms with Crippen LogP contribution in [-0.4, -0.2) is 26.6 Å². The van der Waals surface area contributed by atoms with Crippen LogP contribution in [0.3, 0.4) is 0 Å². The van der Waals surface area contributed by atoms with Gasteiger partial charge in [0.15, 0.2) is 0 Å². The Hall–Kier alpha value is -3.85. The summed E-state index contributed by atoms with van der Waals surface area (Å²) in [4.78, 5) is 29.3. The Labute approximate surface area is 204 Å². The van der Waals surface area contributed by atoms with Crippen LogP contribution in [0.5, 0.6) is 0 Å². The first kappa shape index (κ1) is 24.3. The molecule has 7 nitrogen and oxygen atoms in total. The van der Waals surface area contributed by atoms with Gasteiger partial charge in [-0.05, 0) is 42.7 Å². The standard InChI is InChI=1S/C25H22ClF2N5O2/c1-3-19-23(22(4-2)33(32-19)12-13-5-7-14(27)8-6-13)31-25(35)16-10-21(24(29)34)30-20-11-18(28)17(26)9-15(16)20/h5-11H,3-4,12H2,1-2H3,(H2,29,34)(H,31,35). The molecule has 2 amide bonds. The van der Waals surface area contributed by atoms with Crippen LogP contribution in [0.2, 0.25) is 5.02 Å². The lowest BCUT2D eigenvalue weighted by Crippen LogP contribution is -2.18. The number of nitrogens with one attached hydrogen (secondary N) is 1. The first-order chi connectivity index (χ1) is 16.7. The molecule has 0 fully saturated rings. The molecule has 0 bridgehead atoms. The summed E-state index contributed by atoms with van der Waals surface area (Å²) in [6.07, 6.45) is 1.10. The van der Waals surface area contributed by atoms with Gasteiger partial charge in [-0.3, -0.25) is 14.3 Å². The van der Waals surface area contributed by atoms with Crippen LogP contribution in [0.1, 0.15) is 51.6 Å². The second-order valence-electron chi connectivity index (χ2n) is 7.92. The van der Waals surface area contributed by atoms with Gasteiger partial charge >= 0.3 is 0 Å². The van der Waals surface area contributed by atoms with E-state index < -0.39 is 17.6 Å². The monoisotopic (exact) mass is 497 g/mol. The lowest BCUT2D eigenvalue weighted by Gasteiger charge is -2.12. The molecule has 0 radical (unpaired) electrons. The van der Waals surface area contributed by atoms with Crippen molar-refractivity contribution in [3.63, 3.8) is 0 Å².